The number of hydrogen-bond donors (Lipinski definition) is 1. The Bertz CT molecular complexity index is 281. The van der Waals surface area contributed by atoms with E-state index in [0.29, 0.717) is 5.02 Å². The molecule has 1 aromatic heterocycles. The summed E-state index contributed by atoms with van der Waals surface area (Å²) >= 11 is 5.99. The van der Waals surface area contributed by atoms with Crippen molar-refractivity contribution < 1.29 is 4.74 Å². The Labute approximate surface area is 95.3 Å². The molecule has 0 aliphatic rings. The standard InChI is InChI=1S/C10H18ClN3O/c1-3-15-6-4-5-9(12)10-8(11)7-13-14(10)2/h7,9H,3-6,12H2,1-2H3. The zero-order chi connectivity index (χ0) is 11.3. The maximum absolute atomic E-state index is 6.02. The first-order valence-corrected chi connectivity index (χ1v) is 5.55. The third kappa shape index (κ3) is 3.48. The second kappa shape index (κ2) is 6.10. The highest BCUT2D eigenvalue weighted by atomic mass is 35.5. The normalized spacial score (nSPS) is 13.1. The predicted molar refractivity (Wildman–Crippen MR) is 60.9 cm³/mol. The van der Waals surface area contributed by atoms with Crippen LogP contribution >= 0.6 is 11.6 Å². The third-order valence-corrected chi connectivity index (χ3v) is 2.59. The summed E-state index contributed by atoms with van der Waals surface area (Å²) in [5.41, 5.74) is 6.92. The maximum Gasteiger partial charge on any atom is 0.0833 e. The van der Waals surface area contributed by atoms with Crippen LogP contribution in [0.5, 0.6) is 0 Å². The number of ether oxygens (including phenoxy) is 1. The van der Waals surface area contributed by atoms with Crippen LogP contribution in [0.2, 0.25) is 5.02 Å². The van der Waals surface area contributed by atoms with Crippen molar-refractivity contribution in [1.29, 1.82) is 0 Å². The van der Waals surface area contributed by atoms with Gasteiger partial charge in [0.15, 0.2) is 0 Å². The molecule has 0 fully saturated rings. The number of rotatable bonds is 6. The molecule has 5 heteroatoms. The molecule has 0 saturated carbocycles. The molecule has 1 atom stereocenters. The lowest BCUT2D eigenvalue weighted by Gasteiger charge is -2.12. The van der Waals surface area contributed by atoms with E-state index in [2.05, 4.69) is 5.10 Å². The van der Waals surface area contributed by atoms with Gasteiger partial charge in [0.2, 0.25) is 0 Å². The Morgan fingerprint density at radius 1 is 1.67 bits per heavy atom. The summed E-state index contributed by atoms with van der Waals surface area (Å²) in [4.78, 5) is 0. The van der Waals surface area contributed by atoms with Crippen LogP contribution in [0.15, 0.2) is 6.20 Å². The van der Waals surface area contributed by atoms with E-state index in [0.717, 1.165) is 31.7 Å². The van der Waals surface area contributed by atoms with E-state index in [1.54, 1.807) is 10.9 Å². The van der Waals surface area contributed by atoms with E-state index in [9.17, 15) is 0 Å². The molecule has 1 rings (SSSR count). The second-order valence-corrected chi connectivity index (χ2v) is 3.85. The van der Waals surface area contributed by atoms with E-state index >= 15 is 0 Å². The van der Waals surface area contributed by atoms with Crippen LogP contribution in [0.3, 0.4) is 0 Å². The molecular formula is C10H18ClN3O. The van der Waals surface area contributed by atoms with Gasteiger partial charge < -0.3 is 10.5 Å². The van der Waals surface area contributed by atoms with Crippen LogP contribution < -0.4 is 5.73 Å². The molecule has 1 aromatic rings. The van der Waals surface area contributed by atoms with E-state index in [-0.39, 0.29) is 6.04 Å². The maximum atomic E-state index is 6.02. The number of halogens is 1. The number of aryl methyl sites for hydroxylation is 1. The van der Waals surface area contributed by atoms with Crippen LogP contribution in [-0.2, 0) is 11.8 Å². The zero-order valence-corrected chi connectivity index (χ0v) is 10.00. The Kier molecular flexibility index (Phi) is 5.08. The molecule has 0 amide bonds. The van der Waals surface area contributed by atoms with Gasteiger partial charge in [0.25, 0.3) is 0 Å². The Morgan fingerprint density at radius 2 is 2.40 bits per heavy atom. The smallest absolute Gasteiger partial charge is 0.0833 e. The molecule has 15 heavy (non-hydrogen) atoms. The Balaban J connectivity index is 2.43. The molecule has 4 nitrogen and oxygen atoms in total. The second-order valence-electron chi connectivity index (χ2n) is 3.45. The van der Waals surface area contributed by atoms with Crippen LogP contribution in [-0.4, -0.2) is 23.0 Å². The highest BCUT2D eigenvalue weighted by Gasteiger charge is 2.14. The van der Waals surface area contributed by atoms with Gasteiger partial charge >= 0.3 is 0 Å². The average molecular weight is 232 g/mol. The molecule has 2 N–H and O–H groups in total. The number of nitrogens with two attached hydrogens (primary N) is 1. The van der Waals surface area contributed by atoms with Gasteiger partial charge in [-0.1, -0.05) is 11.6 Å². The summed E-state index contributed by atoms with van der Waals surface area (Å²) in [7, 11) is 1.85. The fourth-order valence-electron chi connectivity index (χ4n) is 1.52. The summed E-state index contributed by atoms with van der Waals surface area (Å²) in [5, 5.41) is 4.70. The summed E-state index contributed by atoms with van der Waals surface area (Å²) < 4.78 is 6.98. The Hall–Kier alpha value is -0.580. The molecule has 0 spiro atoms. The van der Waals surface area contributed by atoms with E-state index < -0.39 is 0 Å². The Morgan fingerprint density at radius 3 is 2.93 bits per heavy atom. The van der Waals surface area contributed by atoms with Crippen molar-refractivity contribution in [3.05, 3.63) is 16.9 Å². The fourth-order valence-corrected chi connectivity index (χ4v) is 1.83. The zero-order valence-electron chi connectivity index (χ0n) is 9.24. The minimum atomic E-state index is -0.0644. The van der Waals surface area contributed by atoms with Gasteiger partial charge in [0.05, 0.1) is 16.9 Å². The van der Waals surface area contributed by atoms with Gasteiger partial charge in [-0.15, -0.1) is 0 Å². The monoisotopic (exact) mass is 231 g/mol. The van der Waals surface area contributed by atoms with Crippen molar-refractivity contribution in [2.24, 2.45) is 12.8 Å². The van der Waals surface area contributed by atoms with Crippen LogP contribution in [0.25, 0.3) is 0 Å². The topological polar surface area (TPSA) is 53.1 Å². The van der Waals surface area contributed by atoms with Crippen LogP contribution in [0.4, 0.5) is 0 Å². The lowest BCUT2D eigenvalue weighted by atomic mass is 10.1. The van der Waals surface area contributed by atoms with Crippen molar-refractivity contribution in [1.82, 2.24) is 9.78 Å². The van der Waals surface area contributed by atoms with E-state index in [1.807, 2.05) is 14.0 Å². The van der Waals surface area contributed by atoms with Crippen LogP contribution in [0, 0.1) is 0 Å². The van der Waals surface area contributed by atoms with Crippen molar-refractivity contribution in [2.75, 3.05) is 13.2 Å². The van der Waals surface area contributed by atoms with Gasteiger partial charge in [-0.2, -0.15) is 5.10 Å². The number of hydrogen-bond acceptors (Lipinski definition) is 3. The highest BCUT2D eigenvalue weighted by molar-refractivity contribution is 6.31. The van der Waals surface area contributed by atoms with E-state index in [1.165, 1.54) is 0 Å². The minimum absolute atomic E-state index is 0.0644. The molecule has 0 aromatic carbocycles. The summed E-state index contributed by atoms with van der Waals surface area (Å²) in [6, 6.07) is -0.0644. The molecular weight excluding hydrogens is 214 g/mol. The summed E-state index contributed by atoms with van der Waals surface area (Å²) in [6.45, 7) is 3.49. The van der Waals surface area contributed by atoms with Gasteiger partial charge in [-0.25, -0.2) is 0 Å². The first-order valence-electron chi connectivity index (χ1n) is 5.17. The van der Waals surface area contributed by atoms with Crippen molar-refractivity contribution in [2.45, 2.75) is 25.8 Å². The quantitative estimate of drug-likeness (QED) is 0.761. The SMILES string of the molecule is CCOCCCC(N)c1c(Cl)cnn1C. The number of nitrogens with zero attached hydrogens (tertiary/aromatic N) is 2. The molecule has 1 unspecified atom stereocenters. The lowest BCUT2D eigenvalue weighted by Crippen LogP contribution is -2.15. The average Bonchev–Trinajstić information content (AvgIpc) is 2.53. The molecule has 86 valence electrons. The van der Waals surface area contributed by atoms with Crippen molar-refractivity contribution >= 4 is 11.6 Å². The highest BCUT2D eigenvalue weighted by Crippen LogP contribution is 2.23. The summed E-state index contributed by atoms with van der Waals surface area (Å²) in [5.74, 6) is 0. The molecule has 0 aliphatic heterocycles. The first kappa shape index (κ1) is 12.5. The number of aromatic nitrogens is 2. The van der Waals surface area contributed by atoms with E-state index in [4.69, 9.17) is 22.1 Å². The largest absolute Gasteiger partial charge is 0.382 e. The van der Waals surface area contributed by atoms with Crippen molar-refractivity contribution in [3.63, 3.8) is 0 Å². The molecule has 0 radical (unpaired) electrons. The lowest BCUT2D eigenvalue weighted by molar-refractivity contribution is 0.141. The molecule has 1 heterocycles. The minimum Gasteiger partial charge on any atom is -0.382 e. The molecule has 0 saturated heterocycles. The fraction of sp³-hybridized carbons (Fsp3) is 0.700. The van der Waals surface area contributed by atoms with Gasteiger partial charge in [0.1, 0.15) is 0 Å². The van der Waals surface area contributed by atoms with Gasteiger partial charge in [-0.3, -0.25) is 4.68 Å². The third-order valence-electron chi connectivity index (χ3n) is 2.30. The first-order chi connectivity index (χ1) is 7.16. The van der Waals surface area contributed by atoms with Crippen molar-refractivity contribution in [3.8, 4) is 0 Å². The predicted octanol–water partition coefficient (Wildman–Crippen LogP) is 1.89. The van der Waals surface area contributed by atoms with Crippen LogP contribution in [0.1, 0.15) is 31.5 Å². The van der Waals surface area contributed by atoms with Gasteiger partial charge in [-0.05, 0) is 19.8 Å². The van der Waals surface area contributed by atoms with Gasteiger partial charge in [0, 0.05) is 26.3 Å². The molecule has 0 bridgehead atoms. The molecule has 0 aliphatic carbocycles. The summed E-state index contributed by atoms with van der Waals surface area (Å²) in [6.07, 6.45) is 3.43.